The van der Waals surface area contributed by atoms with E-state index in [-0.39, 0.29) is 51.4 Å². The number of furan rings is 1. The Hall–Kier alpha value is -3.48. The number of benzene rings is 1. The Morgan fingerprint density at radius 2 is 1.98 bits per heavy atom. The SMILES string of the molecule is Nc1c(C(=O)NC2CCCCC2)nsc1C(=O)N(c1ccc(F)c(Cl)c1)C(C(=O)NCC1CCCO1)c1ccco1. The van der Waals surface area contributed by atoms with Crippen LogP contribution in [-0.2, 0) is 9.53 Å². The molecule has 10 nitrogen and oxygen atoms in total. The van der Waals surface area contributed by atoms with Gasteiger partial charge in [0, 0.05) is 24.9 Å². The maximum Gasteiger partial charge on any atom is 0.273 e. The molecule has 4 N–H and O–H groups in total. The molecule has 2 fully saturated rings. The number of nitrogens with one attached hydrogen (secondary N) is 2. The van der Waals surface area contributed by atoms with Gasteiger partial charge < -0.3 is 25.5 Å². The molecule has 1 saturated heterocycles. The van der Waals surface area contributed by atoms with Crippen molar-refractivity contribution in [3.63, 3.8) is 0 Å². The summed E-state index contributed by atoms with van der Waals surface area (Å²) in [5, 5.41) is 5.56. The highest BCUT2D eigenvalue weighted by molar-refractivity contribution is 7.09. The lowest BCUT2D eigenvalue weighted by Crippen LogP contribution is -2.45. The van der Waals surface area contributed by atoms with Crippen LogP contribution in [-0.4, -0.2) is 47.4 Å². The number of nitrogen functional groups attached to an aromatic ring is 1. The van der Waals surface area contributed by atoms with Crippen LogP contribution in [0.4, 0.5) is 15.8 Å². The summed E-state index contributed by atoms with van der Waals surface area (Å²) in [4.78, 5) is 42.0. The van der Waals surface area contributed by atoms with E-state index >= 15 is 0 Å². The van der Waals surface area contributed by atoms with E-state index in [4.69, 9.17) is 26.5 Å². The fourth-order valence-corrected chi connectivity index (χ4v) is 6.09. The zero-order valence-electron chi connectivity index (χ0n) is 22.2. The molecule has 2 atom stereocenters. The van der Waals surface area contributed by atoms with E-state index in [0.717, 1.165) is 67.4 Å². The predicted molar refractivity (Wildman–Crippen MR) is 153 cm³/mol. The van der Waals surface area contributed by atoms with Gasteiger partial charge in [-0.25, -0.2) is 4.39 Å². The minimum Gasteiger partial charge on any atom is -0.467 e. The van der Waals surface area contributed by atoms with Crippen LogP contribution in [0.15, 0.2) is 41.0 Å². The first kappa shape index (κ1) is 29.0. The number of nitrogens with two attached hydrogens (primary N) is 1. The van der Waals surface area contributed by atoms with Gasteiger partial charge in [0.25, 0.3) is 17.7 Å². The number of rotatable bonds is 9. The van der Waals surface area contributed by atoms with Crippen LogP contribution in [0, 0.1) is 5.82 Å². The third kappa shape index (κ3) is 6.55. The van der Waals surface area contributed by atoms with Crippen LogP contribution < -0.4 is 21.3 Å². The van der Waals surface area contributed by atoms with E-state index < -0.39 is 29.6 Å². The van der Waals surface area contributed by atoms with Crippen LogP contribution in [0.1, 0.15) is 76.9 Å². The number of carbonyl (C=O) groups excluding carboxylic acids is 3. The number of hydrogen-bond donors (Lipinski definition) is 3. The van der Waals surface area contributed by atoms with Crippen molar-refractivity contribution in [1.82, 2.24) is 15.0 Å². The molecule has 218 valence electrons. The van der Waals surface area contributed by atoms with Gasteiger partial charge in [-0.15, -0.1) is 0 Å². The summed E-state index contributed by atoms with van der Waals surface area (Å²) in [5.74, 6) is -2.28. The van der Waals surface area contributed by atoms with E-state index in [2.05, 4.69) is 15.0 Å². The van der Waals surface area contributed by atoms with Gasteiger partial charge in [-0.2, -0.15) is 4.37 Å². The second-order valence-electron chi connectivity index (χ2n) is 10.2. The lowest BCUT2D eigenvalue weighted by molar-refractivity contribution is -0.123. The molecular formula is C28H31ClFN5O5S. The first-order valence-corrected chi connectivity index (χ1v) is 14.8. The molecule has 1 saturated carbocycles. The van der Waals surface area contributed by atoms with Crippen molar-refractivity contribution >= 4 is 52.2 Å². The molecule has 1 aliphatic carbocycles. The molecule has 41 heavy (non-hydrogen) atoms. The topological polar surface area (TPSA) is 140 Å². The van der Waals surface area contributed by atoms with Crippen LogP contribution in [0.25, 0.3) is 0 Å². The van der Waals surface area contributed by atoms with Crippen molar-refractivity contribution in [3.8, 4) is 0 Å². The Labute approximate surface area is 245 Å². The number of ether oxygens (including phenoxy) is 1. The first-order valence-electron chi connectivity index (χ1n) is 13.6. The summed E-state index contributed by atoms with van der Waals surface area (Å²) in [6.45, 7) is 0.846. The smallest absolute Gasteiger partial charge is 0.273 e. The van der Waals surface area contributed by atoms with Gasteiger partial charge in [0.05, 0.1) is 23.1 Å². The van der Waals surface area contributed by atoms with Crippen molar-refractivity contribution in [1.29, 1.82) is 0 Å². The Morgan fingerprint density at radius 1 is 1.17 bits per heavy atom. The Morgan fingerprint density at radius 3 is 2.66 bits per heavy atom. The molecule has 3 amide bonds. The minimum absolute atomic E-state index is 0.0187. The third-order valence-electron chi connectivity index (χ3n) is 7.33. The first-order chi connectivity index (χ1) is 19.8. The second-order valence-corrected chi connectivity index (χ2v) is 11.3. The molecule has 2 aliphatic rings. The lowest BCUT2D eigenvalue weighted by Gasteiger charge is -2.30. The monoisotopic (exact) mass is 603 g/mol. The highest BCUT2D eigenvalue weighted by Gasteiger charge is 2.38. The molecule has 0 spiro atoms. The van der Waals surface area contributed by atoms with Gasteiger partial charge in [-0.3, -0.25) is 19.3 Å². The molecule has 5 rings (SSSR count). The van der Waals surface area contributed by atoms with E-state index in [1.807, 2.05) is 0 Å². The molecule has 1 aliphatic heterocycles. The number of amides is 3. The average Bonchev–Trinajstić information content (AvgIpc) is 3.75. The number of anilines is 2. The van der Waals surface area contributed by atoms with E-state index in [1.54, 1.807) is 12.1 Å². The molecule has 3 heterocycles. The van der Waals surface area contributed by atoms with Crippen molar-refractivity contribution in [2.45, 2.75) is 63.1 Å². The summed E-state index contributed by atoms with van der Waals surface area (Å²) < 4.78 is 29.5. The van der Waals surface area contributed by atoms with Crippen molar-refractivity contribution in [2.75, 3.05) is 23.8 Å². The van der Waals surface area contributed by atoms with Crippen LogP contribution in [0.3, 0.4) is 0 Å². The summed E-state index contributed by atoms with van der Waals surface area (Å²) in [7, 11) is 0. The average molecular weight is 604 g/mol. The summed E-state index contributed by atoms with van der Waals surface area (Å²) in [6.07, 6.45) is 7.84. The zero-order valence-corrected chi connectivity index (χ0v) is 23.8. The van der Waals surface area contributed by atoms with E-state index in [9.17, 15) is 18.8 Å². The van der Waals surface area contributed by atoms with Crippen molar-refractivity contribution in [3.05, 3.63) is 63.8 Å². The summed E-state index contributed by atoms with van der Waals surface area (Å²) in [6, 6.07) is 5.51. The van der Waals surface area contributed by atoms with Gasteiger partial charge in [0.2, 0.25) is 0 Å². The highest BCUT2D eigenvalue weighted by Crippen LogP contribution is 2.35. The fourth-order valence-electron chi connectivity index (χ4n) is 5.18. The molecule has 0 bridgehead atoms. The number of hydrogen-bond acceptors (Lipinski definition) is 8. The number of halogens is 2. The lowest BCUT2D eigenvalue weighted by atomic mass is 9.95. The number of aromatic nitrogens is 1. The Kier molecular flexibility index (Phi) is 9.21. The molecular weight excluding hydrogens is 573 g/mol. The molecule has 2 aromatic heterocycles. The van der Waals surface area contributed by atoms with Crippen LogP contribution in [0.5, 0.6) is 0 Å². The minimum atomic E-state index is -1.32. The van der Waals surface area contributed by atoms with E-state index in [0.29, 0.717) is 6.61 Å². The zero-order chi connectivity index (χ0) is 28.9. The largest absolute Gasteiger partial charge is 0.467 e. The van der Waals surface area contributed by atoms with Gasteiger partial charge in [0.1, 0.15) is 16.5 Å². The summed E-state index contributed by atoms with van der Waals surface area (Å²) in [5.41, 5.74) is 6.29. The molecule has 1 aromatic carbocycles. The van der Waals surface area contributed by atoms with Gasteiger partial charge in [0.15, 0.2) is 11.7 Å². The fraction of sp³-hybridized carbons (Fsp3) is 0.429. The van der Waals surface area contributed by atoms with Gasteiger partial charge in [-0.1, -0.05) is 30.9 Å². The Bertz CT molecular complexity index is 1390. The molecule has 3 aromatic rings. The maximum atomic E-state index is 14.2. The molecule has 13 heteroatoms. The van der Waals surface area contributed by atoms with Gasteiger partial charge >= 0.3 is 0 Å². The van der Waals surface area contributed by atoms with E-state index in [1.165, 1.54) is 18.4 Å². The van der Waals surface area contributed by atoms with Crippen molar-refractivity contribution in [2.24, 2.45) is 0 Å². The quantitative estimate of drug-likeness (QED) is 0.317. The van der Waals surface area contributed by atoms with Gasteiger partial charge in [-0.05, 0) is 67.5 Å². The molecule has 0 radical (unpaired) electrons. The number of nitrogens with zero attached hydrogens (tertiary/aromatic N) is 2. The van der Waals surface area contributed by atoms with Crippen molar-refractivity contribution < 1.29 is 27.9 Å². The number of carbonyl (C=O) groups is 3. The van der Waals surface area contributed by atoms with Crippen LogP contribution in [0.2, 0.25) is 5.02 Å². The highest BCUT2D eigenvalue weighted by atomic mass is 35.5. The predicted octanol–water partition coefficient (Wildman–Crippen LogP) is 4.86. The second kappa shape index (κ2) is 13.0. The maximum absolute atomic E-state index is 14.2. The summed E-state index contributed by atoms with van der Waals surface area (Å²) >= 11 is 6.84. The molecule has 2 unspecified atom stereocenters. The standard InChI is InChI=1S/C28H31ClFN5O5S/c29-19-14-17(10-11-20(19)30)35(24(21-9-5-13-40-21)27(37)32-15-18-8-4-12-39-18)28(38)25-22(31)23(34-41-25)26(36)33-16-6-2-1-3-7-16/h5,9-11,13-14,16,18,24H,1-4,6-8,12,15,31H2,(H,32,37)(H,33,36). The Balaban J connectivity index is 1.49. The third-order valence-corrected chi connectivity index (χ3v) is 8.47. The normalized spacial score (nSPS) is 18.1. The van der Waals surface area contributed by atoms with Crippen LogP contribution >= 0.6 is 23.1 Å².